The second-order valence-corrected chi connectivity index (χ2v) is 2.87. The third kappa shape index (κ3) is 3.08. The van der Waals surface area contributed by atoms with Gasteiger partial charge in [0.25, 0.3) is 0 Å². The van der Waals surface area contributed by atoms with Crippen molar-refractivity contribution in [1.82, 2.24) is 9.55 Å². The maximum absolute atomic E-state index is 11.1. The first-order chi connectivity index (χ1) is 7.15. The minimum absolute atomic E-state index is 0.195. The largest absolute Gasteiger partial charge is 0.480 e. The summed E-state index contributed by atoms with van der Waals surface area (Å²) in [6, 6.07) is -0.952. The van der Waals surface area contributed by atoms with Gasteiger partial charge >= 0.3 is 11.9 Å². The molecule has 0 aliphatic carbocycles. The summed E-state index contributed by atoms with van der Waals surface area (Å²) in [6.45, 7) is 1.92. The lowest BCUT2D eigenvalue weighted by molar-refractivity contribution is -0.150. The van der Waals surface area contributed by atoms with Gasteiger partial charge < -0.3 is 14.4 Å². The molecular formula is C9H12N2O4. The first kappa shape index (κ1) is 11.2. The summed E-state index contributed by atoms with van der Waals surface area (Å²) in [5, 5.41) is 8.91. The Hall–Kier alpha value is -1.85. The predicted octanol–water partition coefficient (Wildman–Crippen LogP) is 0.462. The number of nitrogens with zero attached hydrogens (tertiary/aromatic N) is 2. The third-order valence-corrected chi connectivity index (χ3v) is 1.84. The van der Waals surface area contributed by atoms with Crippen molar-refractivity contribution in [3.8, 4) is 0 Å². The van der Waals surface area contributed by atoms with Crippen molar-refractivity contribution in [2.24, 2.45) is 0 Å². The van der Waals surface area contributed by atoms with Crippen molar-refractivity contribution in [2.75, 3.05) is 6.61 Å². The Bertz CT molecular complexity index is 334. The van der Waals surface area contributed by atoms with Crippen LogP contribution in [0.5, 0.6) is 0 Å². The van der Waals surface area contributed by atoms with E-state index in [9.17, 15) is 9.59 Å². The summed E-state index contributed by atoms with van der Waals surface area (Å²) >= 11 is 0. The van der Waals surface area contributed by atoms with Crippen molar-refractivity contribution in [1.29, 1.82) is 0 Å². The lowest BCUT2D eigenvalue weighted by atomic mass is 10.2. The van der Waals surface area contributed by atoms with Crippen LogP contribution in [-0.4, -0.2) is 33.2 Å². The van der Waals surface area contributed by atoms with Crippen molar-refractivity contribution in [3.05, 3.63) is 18.7 Å². The number of carbonyl (C=O) groups is 2. The van der Waals surface area contributed by atoms with Crippen molar-refractivity contribution < 1.29 is 19.4 Å². The monoisotopic (exact) mass is 212 g/mol. The molecular weight excluding hydrogens is 200 g/mol. The molecule has 0 aromatic carbocycles. The van der Waals surface area contributed by atoms with Crippen LogP contribution >= 0.6 is 0 Å². The van der Waals surface area contributed by atoms with E-state index in [0.29, 0.717) is 0 Å². The van der Waals surface area contributed by atoms with E-state index in [4.69, 9.17) is 5.11 Å². The van der Waals surface area contributed by atoms with E-state index >= 15 is 0 Å². The fourth-order valence-corrected chi connectivity index (χ4v) is 1.15. The Kier molecular flexibility index (Phi) is 3.84. The van der Waals surface area contributed by atoms with E-state index in [0.717, 1.165) is 0 Å². The van der Waals surface area contributed by atoms with Crippen molar-refractivity contribution in [3.63, 3.8) is 0 Å². The summed E-state index contributed by atoms with van der Waals surface area (Å²) in [7, 11) is 0. The number of imidazole rings is 1. The first-order valence-corrected chi connectivity index (χ1v) is 4.51. The fourth-order valence-electron chi connectivity index (χ4n) is 1.15. The number of hydrogen-bond acceptors (Lipinski definition) is 4. The van der Waals surface area contributed by atoms with Gasteiger partial charge in [-0.05, 0) is 6.92 Å². The summed E-state index contributed by atoms with van der Waals surface area (Å²) < 4.78 is 6.04. The van der Waals surface area contributed by atoms with Crippen LogP contribution in [-0.2, 0) is 14.3 Å². The van der Waals surface area contributed by atoms with Crippen LogP contribution in [0.25, 0.3) is 0 Å². The zero-order chi connectivity index (χ0) is 11.3. The van der Waals surface area contributed by atoms with E-state index in [-0.39, 0.29) is 13.0 Å². The van der Waals surface area contributed by atoms with E-state index in [1.54, 1.807) is 6.92 Å². The smallest absolute Gasteiger partial charge is 0.327 e. The molecule has 6 nitrogen and oxygen atoms in total. The topological polar surface area (TPSA) is 81.4 Å². The fraction of sp³-hybridized carbons (Fsp3) is 0.444. The van der Waals surface area contributed by atoms with Gasteiger partial charge in [0.2, 0.25) is 0 Å². The molecule has 1 N–H and O–H groups in total. The number of carboxylic acid groups (broad SMARTS) is 1. The van der Waals surface area contributed by atoms with Crippen LogP contribution < -0.4 is 0 Å². The second-order valence-electron chi connectivity index (χ2n) is 2.87. The van der Waals surface area contributed by atoms with Crippen LogP contribution in [0.1, 0.15) is 19.4 Å². The maximum atomic E-state index is 11.1. The molecule has 0 fully saturated rings. The van der Waals surface area contributed by atoms with Gasteiger partial charge in [-0.1, -0.05) is 0 Å². The summed E-state index contributed by atoms with van der Waals surface area (Å²) in [5.41, 5.74) is 0. The quantitative estimate of drug-likeness (QED) is 0.717. The highest BCUT2D eigenvalue weighted by atomic mass is 16.5. The molecule has 0 saturated carbocycles. The molecule has 0 aliphatic heterocycles. The van der Waals surface area contributed by atoms with E-state index in [1.165, 1.54) is 23.3 Å². The Morgan fingerprint density at radius 2 is 2.33 bits per heavy atom. The lowest BCUT2D eigenvalue weighted by Crippen LogP contribution is -2.22. The van der Waals surface area contributed by atoms with Gasteiger partial charge in [0, 0.05) is 12.4 Å². The summed E-state index contributed by atoms with van der Waals surface area (Å²) in [5.74, 6) is -1.61. The minimum Gasteiger partial charge on any atom is -0.480 e. The van der Waals surface area contributed by atoms with Crippen LogP contribution in [0.3, 0.4) is 0 Å². The molecule has 0 saturated heterocycles. The van der Waals surface area contributed by atoms with Gasteiger partial charge in [0.1, 0.15) is 6.04 Å². The Labute approximate surface area is 86.5 Å². The number of rotatable bonds is 5. The standard InChI is InChI=1S/C9H12N2O4/c1-2-15-8(12)5-7(9(13)14)11-4-3-10-6-11/h3-4,6-7H,2,5H2,1H3,(H,13,14)/t7-/m1/s1. The zero-order valence-corrected chi connectivity index (χ0v) is 8.29. The van der Waals surface area contributed by atoms with Crippen LogP contribution in [0, 0.1) is 0 Å². The number of aromatic nitrogens is 2. The van der Waals surface area contributed by atoms with Gasteiger partial charge in [0.05, 0.1) is 19.4 Å². The highest BCUT2D eigenvalue weighted by Crippen LogP contribution is 2.12. The number of aliphatic carboxylic acids is 1. The average Bonchev–Trinajstić information content (AvgIpc) is 2.66. The van der Waals surface area contributed by atoms with Gasteiger partial charge in [0.15, 0.2) is 0 Å². The first-order valence-electron chi connectivity index (χ1n) is 4.51. The molecule has 0 spiro atoms. The second kappa shape index (κ2) is 5.14. The highest BCUT2D eigenvalue weighted by Gasteiger charge is 2.23. The molecule has 0 bridgehead atoms. The normalized spacial score (nSPS) is 12.1. The lowest BCUT2D eigenvalue weighted by Gasteiger charge is -2.12. The Morgan fingerprint density at radius 1 is 1.60 bits per heavy atom. The Balaban J connectivity index is 2.68. The average molecular weight is 212 g/mol. The predicted molar refractivity (Wildman–Crippen MR) is 50.1 cm³/mol. The number of ether oxygens (including phenoxy) is 1. The van der Waals surface area contributed by atoms with E-state index < -0.39 is 18.0 Å². The number of esters is 1. The Morgan fingerprint density at radius 3 is 2.80 bits per heavy atom. The molecule has 1 aromatic rings. The van der Waals surface area contributed by atoms with Crippen LogP contribution in [0.15, 0.2) is 18.7 Å². The number of carboxylic acids is 1. The molecule has 6 heteroatoms. The van der Waals surface area contributed by atoms with E-state index in [2.05, 4.69) is 9.72 Å². The van der Waals surface area contributed by atoms with E-state index in [1.807, 2.05) is 0 Å². The van der Waals surface area contributed by atoms with Gasteiger partial charge in [-0.2, -0.15) is 0 Å². The number of hydrogen-bond donors (Lipinski definition) is 1. The molecule has 82 valence electrons. The highest BCUT2D eigenvalue weighted by molar-refractivity contribution is 5.80. The molecule has 1 atom stereocenters. The summed E-state index contributed by atoms with van der Waals surface area (Å²) in [6.07, 6.45) is 4.12. The molecule has 0 aliphatic rings. The maximum Gasteiger partial charge on any atom is 0.327 e. The summed E-state index contributed by atoms with van der Waals surface area (Å²) in [4.78, 5) is 25.7. The number of carbonyl (C=O) groups excluding carboxylic acids is 1. The molecule has 15 heavy (non-hydrogen) atoms. The van der Waals surface area contributed by atoms with Crippen LogP contribution in [0.2, 0.25) is 0 Å². The van der Waals surface area contributed by atoms with Gasteiger partial charge in [-0.25, -0.2) is 9.78 Å². The van der Waals surface area contributed by atoms with Gasteiger partial charge in [-0.3, -0.25) is 4.79 Å². The molecule has 0 amide bonds. The molecule has 1 rings (SSSR count). The molecule has 0 radical (unpaired) electrons. The SMILES string of the molecule is CCOC(=O)C[C@H](C(=O)O)n1ccnc1. The minimum atomic E-state index is -1.08. The molecule has 1 heterocycles. The van der Waals surface area contributed by atoms with Crippen molar-refractivity contribution in [2.45, 2.75) is 19.4 Å². The van der Waals surface area contributed by atoms with Crippen LogP contribution in [0.4, 0.5) is 0 Å². The molecule has 1 aromatic heterocycles. The van der Waals surface area contributed by atoms with Gasteiger partial charge in [-0.15, -0.1) is 0 Å². The van der Waals surface area contributed by atoms with Crippen molar-refractivity contribution >= 4 is 11.9 Å². The zero-order valence-electron chi connectivity index (χ0n) is 8.29. The molecule has 0 unspecified atom stereocenters. The third-order valence-electron chi connectivity index (χ3n) is 1.84.